The molecular formula is C16H15BrO4S. The van der Waals surface area contributed by atoms with Gasteiger partial charge >= 0.3 is 5.97 Å². The summed E-state index contributed by atoms with van der Waals surface area (Å²) < 4.78 is 30.1. The van der Waals surface area contributed by atoms with Gasteiger partial charge in [0, 0.05) is 4.47 Å². The number of hydrogen-bond donors (Lipinski definition) is 0. The molecule has 0 spiro atoms. The van der Waals surface area contributed by atoms with Gasteiger partial charge in [0.15, 0.2) is 9.84 Å². The molecule has 0 atom stereocenters. The molecule has 6 heteroatoms. The van der Waals surface area contributed by atoms with E-state index >= 15 is 0 Å². The molecule has 0 saturated heterocycles. The zero-order valence-corrected chi connectivity index (χ0v) is 14.1. The number of halogens is 1. The van der Waals surface area contributed by atoms with Crippen molar-refractivity contribution in [2.24, 2.45) is 0 Å². The Morgan fingerprint density at radius 3 is 2.27 bits per heavy atom. The summed E-state index contributed by atoms with van der Waals surface area (Å²) in [6, 6.07) is 15.4. The summed E-state index contributed by atoms with van der Waals surface area (Å²) in [7, 11) is -3.45. The second-order valence-corrected chi connectivity index (χ2v) is 7.69. The fraction of sp³-hybridized carbons (Fsp3) is 0.188. The highest BCUT2D eigenvalue weighted by Crippen LogP contribution is 2.13. The fourth-order valence-corrected chi connectivity index (χ4v) is 3.29. The van der Waals surface area contributed by atoms with E-state index in [-0.39, 0.29) is 23.7 Å². The molecule has 22 heavy (non-hydrogen) atoms. The van der Waals surface area contributed by atoms with Crippen LogP contribution in [0.15, 0.2) is 64.0 Å². The molecule has 2 aromatic carbocycles. The topological polar surface area (TPSA) is 60.4 Å². The van der Waals surface area contributed by atoms with Crippen molar-refractivity contribution in [3.8, 4) is 0 Å². The molecule has 0 unspecified atom stereocenters. The van der Waals surface area contributed by atoms with Crippen LogP contribution in [0.25, 0.3) is 0 Å². The summed E-state index contributed by atoms with van der Waals surface area (Å²) in [5, 5.41) is 0. The maximum absolute atomic E-state index is 12.0. The molecule has 0 aliphatic rings. The van der Waals surface area contributed by atoms with E-state index in [9.17, 15) is 13.2 Å². The molecule has 0 heterocycles. The van der Waals surface area contributed by atoms with Gasteiger partial charge in [-0.15, -0.1) is 0 Å². The number of benzene rings is 2. The molecular weight excluding hydrogens is 368 g/mol. The third kappa shape index (κ3) is 4.96. The van der Waals surface area contributed by atoms with Gasteiger partial charge < -0.3 is 4.74 Å². The van der Waals surface area contributed by atoms with E-state index in [1.807, 2.05) is 24.3 Å². The highest BCUT2D eigenvalue weighted by Gasteiger charge is 2.16. The Balaban J connectivity index is 1.84. The lowest BCUT2D eigenvalue weighted by Gasteiger charge is -2.06. The van der Waals surface area contributed by atoms with E-state index in [2.05, 4.69) is 15.9 Å². The van der Waals surface area contributed by atoms with Gasteiger partial charge in [-0.3, -0.25) is 4.79 Å². The molecule has 0 amide bonds. The summed E-state index contributed by atoms with van der Waals surface area (Å²) in [5.74, 6) is -0.779. The van der Waals surface area contributed by atoms with E-state index in [0.717, 1.165) is 10.0 Å². The second kappa shape index (κ2) is 7.56. The standard InChI is InChI=1S/C16H15BrO4S/c17-14-8-6-13(7-9-14)12-21-16(18)10-11-22(19,20)15-4-2-1-3-5-15/h1-9H,10-12H2. The Labute approximate surface area is 138 Å². The van der Waals surface area contributed by atoms with E-state index < -0.39 is 15.8 Å². The molecule has 116 valence electrons. The molecule has 2 aromatic rings. The predicted octanol–water partition coefficient (Wildman–Crippen LogP) is 3.36. The summed E-state index contributed by atoms with van der Waals surface area (Å²) in [6.07, 6.45) is -0.159. The summed E-state index contributed by atoms with van der Waals surface area (Å²) >= 11 is 3.32. The first-order valence-corrected chi connectivity index (χ1v) is 9.10. The molecule has 0 aliphatic heterocycles. The number of ether oxygens (including phenoxy) is 1. The number of rotatable bonds is 6. The van der Waals surface area contributed by atoms with Gasteiger partial charge in [-0.1, -0.05) is 46.3 Å². The molecule has 4 nitrogen and oxygen atoms in total. The van der Waals surface area contributed by atoms with Crippen molar-refractivity contribution in [3.63, 3.8) is 0 Å². The maximum atomic E-state index is 12.0. The first-order chi connectivity index (χ1) is 10.5. The second-order valence-electron chi connectivity index (χ2n) is 4.67. The highest BCUT2D eigenvalue weighted by atomic mass is 79.9. The normalized spacial score (nSPS) is 11.1. The van der Waals surface area contributed by atoms with Crippen LogP contribution in [0.4, 0.5) is 0 Å². The number of carbonyl (C=O) groups excluding carboxylic acids is 1. The van der Waals surface area contributed by atoms with Crippen LogP contribution in [-0.4, -0.2) is 20.1 Å². The lowest BCUT2D eigenvalue weighted by molar-refractivity contribution is -0.144. The monoisotopic (exact) mass is 382 g/mol. The van der Waals surface area contributed by atoms with E-state index in [1.165, 1.54) is 12.1 Å². The van der Waals surface area contributed by atoms with Crippen molar-refractivity contribution < 1.29 is 17.9 Å². The maximum Gasteiger partial charge on any atom is 0.307 e. The average molecular weight is 383 g/mol. The minimum Gasteiger partial charge on any atom is -0.461 e. The van der Waals surface area contributed by atoms with E-state index in [4.69, 9.17) is 4.74 Å². The van der Waals surface area contributed by atoms with Crippen LogP contribution < -0.4 is 0 Å². The van der Waals surface area contributed by atoms with Crippen LogP contribution in [-0.2, 0) is 26.0 Å². The number of sulfone groups is 1. The van der Waals surface area contributed by atoms with Crippen molar-refractivity contribution >= 4 is 31.7 Å². The molecule has 0 fully saturated rings. The Hall–Kier alpha value is -1.66. The van der Waals surface area contributed by atoms with Crippen molar-refractivity contribution in [1.29, 1.82) is 0 Å². The zero-order chi connectivity index (χ0) is 16.0. The fourth-order valence-electron chi connectivity index (χ4n) is 1.78. The predicted molar refractivity (Wildman–Crippen MR) is 87.0 cm³/mol. The third-order valence-corrected chi connectivity index (χ3v) is 5.25. The average Bonchev–Trinajstić information content (AvgIpc) is 2.53. The Bertz CT molecular complexity index is 725. The van der Waals surface area contributed by atoms with Gasteiger partial charge in [0.2, 0.25) is 0 Å². The molecule has 0 aliphatic carbocycles. The van der Waals surface area contributed by atoms with Crippen molar-refractivity contribution in [1.82, 2.24) is 0 Å². The van der Waals surface area contributed by atoms with Gasteiger partial charge in [-0.2, -0.15) is 0 Å². The van der Waals surface area contributed by atoms with Crippen LogP contribution in [0.3, 0.4) is 0 Å². The van der Waals surface area contributed by atoms with Crippen LogP contribution >= 0.6 is 15.9 Å². The molecule has 2 rings (SSSR count). The van der Waals surface area contributed by atoms with Gasteiger partial charge in [0.25, 0.3) is 0 Å². The number of esters is 1. The minimum atomic E-state index is -3.45. The number of carbonyl (C=O) groups is 1. The molecule has 0 radical (unpaired) electrons. The van der Waals surface area contributed by atoms with Crippen LogP contribution in [0.1, 0.15) is 12.0 Å². The SMILES string of the molecule is O=C(CCS(=O)(=O)c1ccccc1)OCc1ccc(Br)cc1. The van der Waals surface area contributed by atoms with Gasteiger partial charge in [0.1, 0.15) is 6.61 Å². The molecule has 0 saturated carbocycles. The van der Waals surface area contributed by atoms with Gasteiger partial charge in [-0.25, -0.2) is 8.42 Å². The Morgan fingerprint density at radius 1 is 1.00 bits per heavy atom. The van der Waals surface area contributed by atoms with E-state index in [1.54, 1.807) is 18.2 Å². The quantitative estimate of drug-likeness (QED) is 0.718. The Kier molecular flexibility index (Phi) is 5.74. The van der Waals surface area contributed by atoms with Crippen LogP contribution in [0.5, 0.6) is 0 Å². The number of hydrogen-bond acceptors (Lipinski definition) is 4. The van der Waals surface area contributed by atoms with Gasteiger partial charge in [-0.05, 0) is 29.8 Å². The summed E-state index contributed by atoms with van der Waals surface area (Å²) in [5.41, 5.74) is 0.850. The van der Waals surface area contributed by atoms with E-state index in [0.29, 0.717) is 0 Å². The lowest BCUT2D eigenvalue weighted by atomic mass is 10.2. The smallest absolute Gasteiger partial charge is 0.307 e. The summed E-state index contributed by atoms with van der Waals surface area (Å²) in [6.45, 7) is 0.136. The first-order valence-electron chi connectivity index (χ1n) is 6.65. The first kappa shape index (κ1) is 16.7. The third-order valence-electron chi connectivity index (χ3n) is 2.99. The van der Waals surface area contributed by atoms with Crippen molar-refractivity contribution in [2.75, 3.05) is 5.75 Å². The minimum absolute atomic E-state index is 0.136. The highest BCUT2D eigenvalue weighted by molar-refractivity contribution is 9.10. The van der Waals surface area contributed by atoms with Crippen molar-refractivity contribution in [3.05, 3.63) is 64.6 Å². The zero-order valence-electron chi connectivity index (χ0n) is 11.7. The van der Waals surface area contributed by atoms with Gasteiger partial charge in [0.05, 0.1) is 17.1 Å². The summed E-state index contributed by atoms with van der Waals surface area (Å²) in [4.78, 5) is 11.9. The Morgan fingerprint density at radius 2 is 1.64 bits per heavy atom. The lowest BCUT2D eigenvalue weighted by Crippen LogP contribution is -2.13. The largest absolute Gasteiger partial charge is 0.461 e. The van der Waals surface area contributed by atoms with Crippen molar-refractivity contribution in [2.45, 2.75) is 17.9 Å². The van der Waals surface area contributed by atoms with Crippen LogP contribution in [0.2, 0.25) is 0 Å². The molecule has 0 aromatic heterocycles. The van der Waals surface area contributed by atoms with Crippen LogP contribution in [0, 0.1) is 0 Å². The molecule has 0 N–H and O–H groups in total. The molecule has 0 bridgehead atoms.